The molecule has 3 aliphatic heterocycles. The summed E-state index contributed by atoms with van der Waals surface area (Å²) in [5, 5.41) is 27.8. The van der Waals surface area contributed by atoms with Crippen molar-refractivity contribution in [3.05, 3.63) is 35.9 Å². The van der Waals surface area contributed by atoms with Gasteiger partial charge in [0.25, 0.3) is 0 Å². The second-order valence-electron chi connectivity index (χ2n) is 9.07. The molecule has 3 aromatic heterocycles. The summed E-state index contributed by atoms with van der Waals surface area (Å²) in [6, 6.07) is 5.80. The highest BCUT2D eigenvalue weighted by Gasteiger charge is 2.50. The van der Waals surface area contributed by atoms with Crippen molar-refractivity contribution in [3.8, 4) is 29.1 Å². The molecule has 2 bridgehead atoms. The summed E-state index contributed by atoms with van der Waals surface area (Å²) in [4.78, 5) is 4.56. The van der Waals surface area contributed by atoms with Crippen LogP contribution in [0.3, 0.4) is 0 Å². The van der Waals surface area contributed by atoms with Gasteiger partial charge in [0, 0.05) is 48.2 Å². The maximum absolute atomic E-state index is 9.45. The third kappa shape index (κ3) is 2.58. The Morgan fingerprint density at radius 1 is 1.09 bits per heavy atom. The Hall–Kier alpha value is -3.56. The van der Waals surface area contributed by atoms with Gasteiger partial charge < -0.3 is 9.64 Å². The first-order valence-electron chi connectivity index (χ1n) is 11.0. The normalized spacial score (nSPS) is 25.1. The fraction of sp³-hybridized carbons (Fsp3) is 0.478. The predicted octanol–water partition coefficient (Wildman–Crippen LogP) is 2.33. The Morgan fingerprint density at radius 3 is 2.66 bits per heavy atom. The van der Waals surface area contributed by atoms with Crippen molar-refractivity contribution in [1.82, 2.24) is 29.2 Å². The third-order valence-corrected chi connectivity index (χ3v) is 7.60. The van der Waals surface area contributed by atoms with Crippen LogP contribution in [0.15, 0.2) is 24.7 Å². The number of nitriles is 2. The molecule has 3 aliphatic rings. The second kappa shape index (κ2) is 6.98. The minimum atomic E-state index is 0.346. The standard InChI is InChI=1S/C23H24N8O/c1-14-19(15-5-22(32-2)23-16(7-24)8-26-30(23)10-15)9-27-31(14)18-11-28(12-18)21-6-17-3-4-20(21)29(17)13-25/h5,8-10,17-18,20-21H,3-4,6,11-12H2,1-2H3. The summed E-state index contributed by atoms with van der Waals surface area (Å²) in [7, 11) is 1.61. The summed E-state index contributed by atoms with van der Waals surface area (Å²) in [6.07, 6.45) is 11.2. The molecule has 0 amide bonds. The van der Waals surface area contributed by atoms with Crippen LogP contribution in [0.1, 0.15) is 36.6 Å². The number of hydrogen-bond donors (Lipinski definition) is 0. The van der Waals surface area contributed by atoms with E-state index in [1.165, 1.54) is 0 Å². The molecule has 6 rings (SSSR count). The number of ether oxygens (including phenoxy) is 1. The van der Waals surface area contributed by atoms with Crippen molar-refractivity contribution < 1.29 is 4.74 Å². The average Bonchev–Trinajstić information content (AvgIpc) is 3.54. The van der Waals surface area contributed by atoms with E-state index in [-0.39, 0.29) is 0 Å². The van der Waals surface area contributed by atoms with Gasteiger partial charge in [0.15, 0.2) is 6.19 Å². The molecule has 0 aromatic carbocycles. The molecule has 3 unspecified atom stereocenters. The Kier molecular flexibility index (Phi) is 4.17. The first-order valence-corrected chi connectivity index (χ1v) is 11.0. The molecule has 9 heteroatoms. The van der Waals surface area contributed by atoms with Gasteiger partial charge in [-0.3, -0.25) is 9.58 Å². The first-order chi connectivity index (χ1) is 15.6. The van der Waals surface area contributed by atoms with E-state index in [4.69, 9.17) is 9.84 Å². The summed E-state index contributed by atoms with van der Waals surface area (Å²) in [6.45, 7) is 4.05. The summed E-state index contributed by atoms with van der Waals surface area (Å²) in [5.74, 6) is 0.622. The number of pyridine rings is 1. The van der Waals surface area contributed by atoms with Gasteiger partial charge in [-0.2, -0.15) is 20.7 Å². The zero-order chi connectivity index (χ0) is 22.0. The van der Waals surface area contributed by atoms with Gasteiger partial charge in [-0.25, -0.2) is 4.52 Å². The Bertz CT molecular complexity index is 1290. The summed E-state index contributed by atoms with van der Waals surface area (Å²) < 4.78 is 9.38. The zero-order valence-electron chi connectivity index (χ0n) is 18.1. The van der Waals surface area contributed by atoms with E-state index < -0.39 is 0 Å². The van der Waals surface area contributed by atoms with E-state index in [2.05, 4.69) is 33.9 Å². The molecule has 0 radical (unpaired) electrons. The molecule has 0 N–H and O–H groups in total. The van der Waals surface area contributed by atoms with Gasteiger partial charge in [-0.15, -0.1) is 0 Å². The average molecular weight is 429 g/mol. The molecule has 3 atom stereocenters. The zero-order valence-corrected chi connectivity index (χ0v) is 18.1. The number of rotatable bonds is 4. The van der Waals surface area contributed by atoms with Crippen molar-refractivity contribution in [2.75, 3.05) is 20.2 Å². The van der Waals surface area contributed by atoms with Crippen LogP contribution in [0.2, 0.25) is 0 Å². The predicted molar refractivity (Wildman–Crippen MR) is 116 cm³/mol. The number of fused-ring (bicyclic) bond motifs is 3. The number of aromatic nitrogens is 4. The van der Waals surface area contributed by atoms with Crippen LogP contribution in [0, 0.1) is 29.7 Å². The highest BCUT2D eigenvalue weighted by molar-refractivity contribution is 5.75. The molecule has 9 nitrogen and oxygen atoms in total. The molecule has 3 aromatic rings. The van der Waals surface area contributed by atoms with Crippen molar-refractivity contribution in [3.63, 3.8) is 0 Å². The highest BCUT2D eigenvalue weighted by atomic mass is 16.5. The molecule has 3 fully saturated rings. The van der Waals surface area contributed by atoms with Crippen LogP contribution in [0.5, 0.6) is 5.75 Å². The molecular formula is C23H24N8O. The van der Waals surface area contributed by atoms with Crippen LogP contribution in [-0.2, 0) is 0 Å². The fourth-order valence-corrected chi connectivity index (χ4v) is 5.96. The minimum Gasteiger partial charge on any atom is -0.494 e. The number of methoxy groups -OCH3 is 1. The number of hydrogen-bond acceptors (Lipinski definition) is 7. The Morgan fingerprint density at radius 2 is 1.94 bits per heavy atom. The lowest BCUT2D eigenvalue weighted by Gasteiger charge is -2.45. The third-order valence-electron chi connectivity index (χ3n) is 7.60. The van der Waals surface area contributed by atoms with E-state index >= 15 is 0 Å². The van der Waals surface area contributed by atoms with E-state index in [0.29, 0.717) is 41.0 Å². The van der Waals surface area contributed by atoms with Crippen LogP contribution in [0.25, 0.3) is 16.6 Å². The van der Waals surface area contributed by atoms with Gasteiger partial charge in [-0.1, -0.05) is 0 Å². The Labute approximate surface area is 186 Å². The molecular weight excluding hydrogens is 404 g/mol. The molecule has 162 valence electrons. The number of nitrogens with zero attached hydrogens (tertiary/aromatic N) is 8. The van der Waals surface area contributed by atoms with Crippen molar-refractivity contribution in [1.29, 1.82) is 10.5 Å². The molecule has 0 saturated carbocycles. The summed E-state index contributed by atoms with van der Waals surface area (Å²) >= 11 is 0. The lowest BCUT2D eigenvalue weighted by atomic mass is 9.91. The molecule has 0 spiro atoms. The largest absolute Gasteiger partial charge is 0.494 e. The van der Waals surface area contributed by atoms with E-state index in [1.54, 1.807) is 17.8 Å². The Balaban J connectivity index is 1.24. The van der Waals surface area contributed by atoms with Gasteiger partial charge in [-0.05, 0) is 32.3 Å². The van der Waals surface area contributed by atoms with Crippen molar-refractivity contribution in [2.45, 2.75) is 50.4 Å². The first kappa shape index (κ1) is 19.1. The van der Waals surface area contributed by atoms with Crippen LogP contribution in [-0.4, -0.2) is 67.5 Å². The molecule has 6 heterocycles. The lowest BCUT2D eigenvalue weighted by Crippen LogP contribution is -2.56. The monoisotopic (exact) mass is 428 g/mol. The molecule has 3 saturated heterocycles. The maximum atomic E-state index is 9.45. The van der Waals surface area contributed by atoms with E-state index in [0.717, 1.165) is 49.2 Å². The van der Waals surface area contributed by atoms with Gasteiger partial charge in [0.2, 0.25) is 0 Å². The van der Waals surface area contributed by atoms with E-state index in [9.17, 15) is 10.5 Å². The van der Waals surface area contributed by atoms with Crippen molar-refractivity contribution in [2.24, 2.45) is 0 Å². The highest BCUT2D eigenvalue weighted by Crippen LogP contribution is 2.42. The quantitative estimate of drug-likeness (QED) is 0.588. The van der Waals surface area contributed by atoms with Crippen LogP contribution >= 0.6 is 0 Å². The van der Waals surface area contributed by atoms with Crippen molar-refractivity contribution >= 4 is 5.52 Å². The van der Waals surface area contributed by atoms with Gasteiger partial charge in [0.05, 0.1) is 31.6 Å². The molecule has 32 heavy (non-hydrogen) atoms. The van der Waals surface area contributed by atoms with E-state index in [1.807, 2.05) is 23.4 Å². The SMILES string of the molecule is COc1cc(-c2cnn(C3CN(C4CC5CCC4N5C#N)C3)c2C)cn2ncc(C#N)c12. The summed E-state index contributed by atoms with van der Waals surface area (Å²) in [5.41, 5.74) is 4.27. The van der Waals surface area contributed by atoms with Gasteiger partial charge in [0.1, 0.15) is 22.9 Å². The lowest BCUT2D eigenvalue weighted by molar-refractivity contribution is 0.0368. The second-order valence-corrected chi connectivity index (χ2v) is 9.07. The maximum Gasteiger partial charge on any atom is 0.179 e. The van der Waals surface area contributed by atoms with Crippen LogP contribution < -0.4 is 4.74 Å². The topological polar surface area (TPSA) is 98.4 Å². The molecule has 0 aliphatic carbocycles. The smallest absolute Gasteiger partial charge is 0.179 e. The van der Waals surface area contributed by atoms with Crippen LogP contribution in [0.4, 0.5) is 0 Å². The fourth-order valence-electron chi connectivity index (χ4n) is 5.96. The minimum absolute atomic E-state index is 0.346. The van der Waals surface area contributed by atoms with Gasteiger partial charge >= 0.3 is 0 Å². The number of likely N-dealkylation sites (tertiary alicyclic amines) is 1.